The van der Waals surface area contributed by atoms with Crippen molar-refractivity contribution in [3.63, 3.8) is 0 Å². The number of carbonyl (C=O) groups is 1. The highest BCUT2D eigenvalue weighted by Crippen LogP contribution is 2.22. The van der Waals surface area contributed by atoms with Crippen LogP contribution >= 0.6 is 35.0 Å². The first-order valence-electron chi connectivity index (χ1n) is 8.06. The van der Waals surface area contributed by atoms with Crippen LogP contribution in [0.25, 0.3) is 6.08 Å². The Morgan fingerprint density at radius 2 is 1.96 bits per heavy atom. The molecule has 0 saturated heterocycles. The Hall–Kier alpha value is -2.28. The van der Waals surface area contributed by atoms with Crippen molar-refractivity contribution in [1.29, 1.82) is 0 Å². The Labute approximate surface area is 171 Å². The number of benzene rings is 2. The molecule has 1 N–H and O–H groups in total. The van der Waals surface area contributed by atoms with Gasteiger partial charge in [-0.1, -0.05) is 71.4 Å². The molecule has 0 saturated carbocycles. The van der Waals surface area contributed by atoms with Gasteiger partial charge in [0.05, 0.1) is 0 Å². The molecule has 5 nitrogen and oxygen atoms in total. The number of hydrogen-bond acceptors (Lipinski definition) is 4. The summed E-state index contributed by atoms with van der Waals surface area (Å²) in [5.74, 6) is 1.01. The van der Waals surface area contributed by atoms with Gasteiger partial charge in [0.1, 0.15) is 5.82 Å². The van der Waals surface area contributed by atoms with E-state index in [9.17, 15) is 4.79 Å². The highest BCUT2D eigenvalue weighted by atomic mass is 35.5. The van der Waals surface area contributed by atoms with Crippen LogP contribution in [0.2, 0.25) is 10.0 Å². The van der Waals surface area contributed by atoms with Crippen LogP contribution in [0.3, 0.4) is 0 Å². The van der Waals surface area contributed by atoms with Gasteiger partial charge in [0.2, 0.25) is 5.16 Å². The molecule has 0 radical (unpaired) electrons. The minimum absolute atomic E-state index is 0.314. The van der Waals surface area contributed by atoms with Gasteiger partial charge >= 0.3 is 0 Å². The number of amides is 1. The quantitative estimate of drug-likeness (QED) is 0.453. The third-order valence-electron chi connectivity index (χ3n) is 3.60. The van der Waals surface area contributed by atoms with Gasteiger partial charge in [0, 0.05) is 21.9 Å². The summed E-state index contributed by atoms with van der Waals surface area (Å²) in [7, 11) is 0. The third kappa shape index (κ3) is 5.35. The lowest BCUT2D eigenvalue weighted by atomic mass is 10.2. The molecule has 3 rings (SSSR count). The first kappa shape index (κ1) is 19.5. The minimum atomic E-state index is -0.314. The fourth-order valence-electron chi connectivity index (χ4n) is 2.24. The number of nitrogens with one attached hydrogen (secondary N) is 1. The number of halogens is 2. The van der Waals surface area contributed by atoms with Crippen molar-refractivity contribution >= 4 is 46.9 Å². The molecule has 0 unspecified atom stereocenters. The van der Waals surface area contributed by atoms with Crippen LogP contribution in [0, 0.1) is 6.92 Å². The molecule has 0 aliphatic carbocycles. The lowest BCUT2D eigenvalue weighted by Gasteiger charge is -2.08. The van der Waals surface area contributed by atoms with Gasteiger partial charge in [-0.3, -0.25) is 10.2 Å². The summed E-state index contributed by atoms with van der Waals surface area (Å²) in [6.45, 7) is 1.78. The molecule has 1 heterocycles. The van der Waals surface area contributed by atoms with E-state index < -0.39 is 0 Å². The fourth-order valence-corrected chi connectivity index (χ4v) is 3.60. The molecule has 138 valence electrons. The molecule has 8 heteroatoms. The zero-order valence-corrected chi connectivity index (χ0v) is 16.7. The number of rotatable bonds is 6. The summed E-state index contributed by atoms with van der Waals surface area (Å²) in [5, 5.41) is 9.80. The average Bonchev–Trinajstić information content (AvgIpc) is 3.00. The smallest absolute Gasteiger partial charge is 0.262 e. The first-order chi connectivity index (χ1) is 13.0. The molecule has 0 aliphatic rings. The van der Waals surface area contributed by atoms with Crippen molar-refractivity contribution in [3.05, 3.63) is 81.6 Å². The van der Waals surface area contributed by atoms with Crippen molar-refractivity contribution in [2.24, 2.45) is 0 Å². The molecule has 0 fully saturated rings. The first-order valence-corrected chi connectivity index (χ1v) is 9.80. The number of carbonyl (C=O) groups excluding carboxylic acids is 1. The van der Waals surface area contributed by atoms with Crippen molar-refractivity contribution in [2.45, 2.75) is 17.8 Å². The summed E-state index contributed by atoms with van der Waals surface area (Å²) in [5.41, 5.74) is 4.64. The topological polar surface area (TPSA) is 59.8 Å². The molecule has 27 heavy (non-hydrogen) atoms. The maximum absolute atomic E-state index is 12.3. The number of hydrogen-bond donors (Lipinski definition) is 1. The van der Waals surface area contributed by atoms with Gasteiger partial charge < -0.3 is 0 Å². The zero-order chi connectivity index (χ0) is 19.2. The number of nitrogens with zero attached hydrogens (tertiary/aromatic N) is 3. The zero-order valence-electron chi connectivity index (χ0n) is 14.4. The minimum Gasteiger partial charge on any atom is -0.268 e. The van der Waals surface area contributed by atoms with E-state index in [1.54, 1.807) is 35.9 Å². The largest absolute Gasteiger partial charge is 0.268 e. The van der Waals surface area contributed by atoms with E-state index in [0.29, 0.717) is 26.6 Å². The van der Waals surface area contributed by atoms with Crippen LogP contribution in [-0.4, -0.2) is 20.8 Å². The molecule has 0 bridgehead atoms. The molecule has 0 atom stereocenters. The van der Waals surface area contributed by atoms with Crippen LogP contribution in [0.15, 0.2) is 59.8 Å². The van der Waals surface area contributed by atoms with Gasteiger partial charge in [-0.25, -0.2) is 4.68 Å². The summed E-state index contributed by atoms with van der Waals surface area (Å²) >= 11 is 13.5. The average molecular weight is 419 g/mol. The highest BCUT2D eigenvalue weighted by molar-refractivity contribution is 7.98. The Kier molecular flexibility index (Phi) is 6.55. The van der Waals surface area contributed by atoms with Gasteiger partial charge in [0.25, 0.3) is 5.91 Å². The Balaban J connectivity index is 1.67. The van der Waals surface area contributed by atoms with E-state index in [1.165, 1.54) is 23.4 Å². The van der Waals surface area contributed by atoms with Crippen molar-refractivity contribution in [3.8, 4) is 0 Å². The maximum Gasteiger partial charge on any atom is 0.262 e. The van der Waals surface area contributed by atoms with E-state index in [1.807, 2.05) is 30.3 Å². The van der Waals surface area contributed by atoms with Crippen LogP contribution in [-0.2, 0) is 10.5 Å². The summed E-state index contributed by atoms with van der Waals surface area (Å²) in [4.78, 5) is 12.3. The van der Waals surface area contributed by atoms with E-state index in [-0.39, 0.29) is 5.91 Å². The van der Waals surface area contributed by atoms with Gasteiger partial charge in [-0.05, 0) is 36.3 Å². The molecular formula is C19H16Cl2N4OS. The number of aromatic nitrogens is 3. The van der Waals surface area contributed by atoms with E-state index in [0.717, 1.165) is 5.75 Å². The second-order valence-corrected chi connectivity index (χ2v) is 7.40. The number of aryl methyl sites for hydroxylation is 1. The molecule has 3 aromatic rings. The fraction of sp³-hybridized carbons (Fsp3) is 0.105. The molecule has 1 amide bonds. The molecule has 0 spiro atoms. The van der Waals surface area contributed by atoms with Crippen LogP contribution in [0.4, 0.5) is 0 Å². The van der Waals surface area contributed by atoms with Crippen molar-refractivity contribution < 1.29 is 4.79 Å². The SMILES string of the molecule is Cc1nnc(SCc2ccccc2)n1NC(=O)/C=C/c1ccc(Cl)cc1Cl. The lowest BCUT2D eigenvalue weighted by Crippen LogP contribution is -2.22. The van der Waals surface area contributed by atoms with Crippen molar-refractivity contribution in [1.82, 2.24) is 14.9 Å². The summed E-state index contributed by atoms with van der Waals surface area (Å²) < 4.78 is 1.57. The van der Waals surface area contributed by atoms with Crippen LogP contribution in [0.1, 0.15) is 17.0 Å². The molecule has 1 aromatic heterocycles. The highest BCUT2D eigenvalue weighted by Gasteiger charge is 2.11. The van der Waals surface area contributed by atoms with Crippen LogP contribution in [0.5, 0.6) is 0 Å². The van der Waals surface area contributed by atoms with Gasteiger partial charge in [-0.15, -0.1) is 10.2 Å². The Bertz CT molecular complexity index is 973. The Morgan fingerprint density at radius 3 is 2.70 bits per heavy atom. The third-order valence-corrected chi connectivity index (χ3v) is 5.17. The van der Waals surface area contributed by atoms with Crippen LogP contribution < -0.4 is 5.43 Å². The normalized spacial score (nSPS) is 11.1. The predicted octanol–water partition coefficient (Wildman–Crippen LogP) is 4.97. The van der Waals surface area contributed by atoms with E-state index in [4.69, 9.17) is 23.2 Å². The maximum atomic E-state index is 12.3. The lowest BCUT2D eigenvalue weighted by molar-refractivity contribution is -0.112. The van der Waals surface area contributed by atoms with Gasteiger partial charge in [-0.2, -0.15) is 0 Å². The standard InChI is InChI=1S/C19H16Cl2N4OS/c1-13-22-23-19(27-12-14-5-3-2-4-6-14)25(13)24-18(26)10-8-15-7-9-16(20)11-17(15)21/h2-11H,12H2,1H3,(H,24,26)/b10-8+. The second-order valence-electron chi connectivity index (χ2n) is 5.61. The molecular weight excluding hydrogens is 403 g/mol. The Morgan fingerprint density at radius 1 is 1.19 bits per heavy atom. The number of thioether (sulfide) groups is 1. The summed E-state index contributed by atoms with van der Waals surface area (Å²) in [6, 6.07) is 15.1. The second kappa shape index (κ2) is 9.08. The van der Waals surface area contributed by atoms with Gasteiger partial charge in [0.15, 0.2) is 0 Å². The van der Waals surface area contributed by atoms with E-state index >= 15 is 0 Å². The molecule has 0 aliphatic heterocycles. The summed E-state index contributed by atoms with van der Waals surface area (Å²) in [6.07, 6.45) is 3.03. The molecule has 2 aromatic carbocycles. The monoisotopic (exact) mass is 418 g/mol. The predicted molar refractivity (Wildman–Crippen MR) is 111 cm³/mol. The van der Waals surface area contributed by atoms with E-state index in [2.05, 4.69) is 15.6 Å². The van der Waals surface area contributed by atoms with Crippen molar-refractivity contribution in [2.75, 3.05) is 5.43 Å².